The van der Waals surface area contributed by atoms with Crippen LogP contribution in [0, 0.1) is 6.92 Å². The third-order valence-corrected chi connectivity index (χ3v) is 3.79. The zero-order chi connectivity index (χ0) is 13.7. The van der Waals surface area contributed by atoms with Crippen molar-refractivity contribution in [3.63, 3.8) is 0 Å². The molecule has 20 heavy (non-hydrogen) atoms. The lowest BCUT2D eigenvalue weighted by Crippen LogP contribution is -1.94. The molecule has 0 amide bonds. The van der Waals surface area contributed by atoms with Crippen molar-refractivity contribution in [2.24, 2.45) is 7.05 Å². The molecule has 0 aliphatic carbocycles. The summed E-state index contributed by atoms with van der Waals surface area (Å²) in [5, 5.41) is 5.52. The lowest BCUT2D eigenvalue weighted by atomic mass is 10.0. The average molecular weight is 262 g/mol. The standard InChI is InChI=1S/C16H14N4/c1-11-6-13(7-14-9-17-10-20(11)14)15-5-3-4-12-8-18-19(2)16(12)15/h3-10H,1-2H3. The first kappa shape index (κ1) is 11.2. The van der Waals surface area contributed by atoms with Gasteiger partial charge < -0.3 is 4.40 Å². The molecule has 0 aliphatic rings. The van der Waals surface area contributed by atoms with Crippen LogP contribution in [-0.2, 0) is 7.05 Å². The van der Waals surface area contributed by atoms with Gasteiger partial charge in [0, 0.05) is 23.7 Å². The SMILES string of the molecule is Cc1cc(-c2cccc3cnn(C)c23)cc2cncn12. The monoisotopic (exact) mass is 262 g/mol. The van der Waals surface area contributed by atoms with E-state index in [2.05, 4.69) is 51.7 Å². The minimum Gasteiger partial charge on any atom is -0.304 e. The van der Waals surface area contributed by atoms with E-state index in [9.17, 15) is 0 Å². The van der Waals surface area contributed by atoms with Crippen molar-refractivity contribution < 1.29 is 0 Å². The summed E-state index contributed by atoms with van der Waals surface area (Å²) in [6, 6.07) is 10.7. The first-order valence-corrected chi connectivity index (χ1v) is 6.58. The van der Waals surface area contributed by atoms with E-state index in [1.54, 1.807) is 0 Å². The first-order chi connectivity index (χ1) is 9.74. The molecule has 4 heteroatoms. The van der Waals surface area contributed by atoms with E-state index in [-0.39, 0.29) is 0 Å². The Bertz CT molecular complexity index is 930. The summed E-state index contributed by atoms with van der Waals surface area (Å²) in [4.78, 5) is 4.21. The predicted octanol–water partition coefficient (Wildman–Crippen LogP) is 3.20. The minimum absolute atomic E-state index is 1.11. The smallest absolute Gasteiger partial charge is 0.0994 e. The van der Waals surface area contributed by atoms with Gasteiger partial charge in [0.15, 0.2) is 0 Å². The highest BCUT2D eigenvalue weighted by Crippen LogP contribution is 2.29. The Labute approximate surface area is 116 Å². The summed E-state index contributed by atoms with van der Waals surface area (Å²) >= 11 is 0. The number of rotatable bonds is 1. The molecule has 4 nitrogen and oxygen atoms in total. The molecule has 0 unspecified atom stereocenters. The number of hydrogen-bond acceptors (Lipinski definition) is 2. The van der Waals surface area contributed by atoms with Crippen molar-refractivity contribution >= 4 is 16.4 Å². The summed E-state index contributed by atoms with van der Waals surface area (Å²) < 4.78 is 4.02. The second-order valence-electron chi connectivity index (χ2n) is 5.09. The minimum atomic E-state index is 1.11. The van der Waals surface area contributed by atoms with Gasteiger partial charge in [-0.05, 0) is 24.6 Å². The van der Waals surface area contributed by atoms with E-state index >= 15 is 0 Å². The number of imidazole rings is 1. The molecule has 0 N–H and O–H groups in total. The molecule has 0 saturated heterocycles. The summed E-state index contributed by atoms with van der Waals surface area (Å²) in [6.45, 7) is 2.10. The maximum atomic E-state index is 4.36. The number of aromatic nitrogens is 4. The van der Waals surface area contributed by atoms with Crippen LogP contribution in [0.3, 0.4) is 0 Å². The van der Waals surface area contributed by atoms with Gasteiger partial charge in [0.25, 0.3) is 0 Å². The third-order valence-electron chi connectivity index (χ3n) is 3.79. The number of aryl methyl sites for hydroxylation is 2. The second kappa shape index (κ2) is 3.93. The average Bonchev–Trinajstić information content (AvgIpc) is 3.06. The number of pyridine rings is 1. The van der Waals surface area contributed by atoms with Gasteiger partial charge in [-0.2, -0.15) is 5.10 Å². The lowest BCUT2D eigenvalue weighted by Gasteiger charge is -2.08. The zero-order valence-electron chi connectivity index (χ0n) is 11.4. The molecule has 0 radical (unpaired) electrons. The first-order valence-electron chi connectivity index (χ1n) is 6.58. The Balaban J connectivity index is 2.08. The van der Waals surface area contributed by atoms with Crippen molar-refractivity contribution in [1.29, 1.82) is 0 Å². The molecular formula is C16H14N4. The lowest BCUT2D eigenvalue weighted by molar-refractivity contribution is 0.797. The van der Waals surface area contributed by atoms with Crippen molar-refractivity contribution in [2.45, 2.75) is 6.92 Å². The van der Waals surface area contributed by atoms with Gasteiger partial charge in [0.1, 0.15) is 0 Å². The van der Waals surface area contributed by atoms with Crippen LogP contribution in [0.1, 0.15) is 5.69 Å². The van der Waals surface area contributed by atoms with Crippen molar-refractivity contribution in [3.05, 3.63) is 54.7 Å². The van der Waals surface area contributed by atoms with E-state index in [0.717, 1.165) is 16.4 Å². The molecule has 0 saturated carbocycles. The van der Waals surface area contributed by atoms with Crippen molar-refractivity contribution in [3.8, 4) is 11.1 Å². The molecule has 3 aromatic heterocycles. The van der Waals surface area contributed by atoms with E-state index in [1.165, 1.54) is 16.8 Å². The number of nitrogens with zero attached hydrogens (tertiary/aromatic N) is 4. The molecule has 0 bridgehead atoms. The molecule has 1 aromatic carbocycles. The predicted molar refractivity (Wildman–Crippen MR) is 79.6 cm³/mol. The van der Waals surface area contributed by atoms with Gasteiger partial charge in [-0.1, -0.05) is 18.2 Å². The van der Waals surface area contributed by atoms with Crippen LogP contribution in [0.15, 0.2) is 49.1 Å². The molecule has 4 aromatic rings. The Kier molecular flexibility index (Phi) is 2.21. The molecule has 4 rings (SSSR count). The van der Waals surface area contributed by atoms with Crippen LogP contribution in [0.2, 0.25) is 0 Å². The van der Waals surface area contributed by atoms with Gasteiger partial charge in [-0.3, -0.25) is 4.68 Å². The molecular weight excluding hydrogens is 248 g/mol. The largest absolute Gasteiger partial charge is 0.304 e. The van der Waals surface area contributed by atoms with E-state index in [0.29, 0.717) is 0 Å². The van der Waals surface area contributed by atoms with Gasteiger partial charge in [-0.25, -0.2) is 4.98 Å². The van der Waals surface area contributed by atoms with E-state index < -0.39 is 0 Å². The molecule has 0 aliphatic heterocycles. The fraction of sp³-hybridized carbons (Fsp3) is 0.125. The Morgan fingerprint density at radius 2 is 2.00 bits per heavy atom. The number of benzene rings is 1. The Morgan fingerprint density at radius 1 is 1.10 bits per heavy atom. The maximum Gasteiger partial charge on any atom is 0.0994 e. The fourth-order valence-corrected chi connectivity index (χ4v) is 2.82. The second-order valence-corrected chi connectivity index (χ2v) is 5.09. The summed E-state index contributed by atoms with van der Waals surface area (Å²) in [5.74, 6) is 0. The van der Waals surface area contributed by atoms with Crippen molar-refractivity contribution in [2.75, 3.05) is 0 Å². The topological polar surface area (TPSA) is 35.1 Å². The Morgan fingerprint density at radius 3 is 2.90 bits per heavy atom. The van der Waals surface area contributed by atoms with E-state index in [4.69, 9.17) is 0 Å². The van der Waals surface area contributed by atoms with Gasteiger partial charge in [0.05, 0.1) is 29.8 Å². The summed E-state index contributed by atoms with van der Waals surface area (Å²) in [5.41, 5.74) is 5.85. The summed E-state index contributed by atoms with van der Waals surface area (Å²) in [7, 11) is 1.98. The van der Waals surface area contributed by atoms with Crippen LogP contribution < -0.4 is 0 Å². The zero-order valence-corrected chi connectivity index (χ0v) is 11.4. The highest BCUT2D eigenvalue weighted by atomic mass is 15.2. The van der Waals surface area contributed by atoms with Crippen LogP contribution in [-0.4, -0.2) is 19.2 Å². The molecule has 0 spiro atoms. The summed E-state index contributed by atoms with van der Waals surface area (Å²) in [6.07, 6.45) is 5.64. The number of fused-ring (bicyclic) bond motifs is 2. The van der Waals surface area contributed by atoms with Crippen molar-refractivity contribution in [1.82, 2.24) is 19.2 Å². The van der Waals surface area contributed by atoms with Gasteiger partial charge in [-0.15, -0.1) is 0 Å². The molecule has 3 heterocycles. The van der Waals surface area contributed by atoms with Gasteiger partial charge in [0.2, 0.25) is 0 Å². The normalized spacial score (nSPS) is 11.5. The van der Waals surface area contributed by atoms with Crippen LogP contribution >= 0.6 is 0 Å². The van der Waals surface area contributed by atoms with E-state index in [1.807, 2.05) is 30.5 Å². The number of hydrogen-bond donors (Lipinski definition) is 0. The molecule has 0 fully saturated rings. The van der Waals surface area contributed by atoms with Crippen LogP contribution in [0.4, 0.5) is 0 Å². The van der Waals surface area contributed by atoms with Crippen LogP contribution in [0.25, 0.3) is 27.5 Å². The quantitative estimate of drug-likeness (QED) is 0.528. The highest BCUT2D eigenvalue weighted by molar-refractivity contribution is 5.94. The fourth-order valence-electron chi connectivity index (χ4n) is 2.82. The molecule has 98 valence electrons. The Hall–Kier alpha value is -2.62. The third kappa shape index (κ3) is 1.48. The maximum absolute atomic E-state index is 4.36. The number of para-hydroxylation sites is 1. The van der Waals surface area contributed by atoms with Crippen LogP contribution in [0.5, 0.6) is 0 Å². The van der Waals surface area contributed by atoms with Gasteiger partial charge >= 0.3 is 0 Å². The highest BCUT2D eigenvalue weighted by Gasteiger charge is 2.09. The molecule has 0 atom stereocenters.